The number of aromatic nitrogens is 2. The average Bonchev–Trinajstić information content (AvgIpc) is 3.21. The van der Waals surface area contributed by atoms with Crippen LogP contribution in [-0.2, 0) is 17.0 Å². The van der Waals surface area contributed by atoms with Crippen LogP contribution in [0.25, 0.3) is 21.9 Å². The van der Waals surface area contributed by atoms with Crippen LogP contribution in [0.1, 0.15) is 23.2 Å². The first-order chi connectivity index (χ1) is 16.6. The van der Waals surface area contributed by atoms with E-state index in [0.717, 1.165) is 33.3 Å². The van der Waals surface area contributed by atoms with E-state index in [9.17, 15) is 9.59 Å². The molecule has 0 radical (unpaired) electrons. The molecule has 0 fully saturated rings. The fraction of sp³-hybridized carbons (Fsp3) is 0.148. The number of para-hydroxylation sites is 1. The van der Waals surface area contributed by atoms with Crippen molar-refractivity contribution in [2.24, 2.45) is 0 Å². The summed E-state index contributed by atoms with van der Waals surface area (Å²) in [6, 6.07) is 23.4. The molecule has 0 aliphatic heterocycles. The van der Waals surface area contributed by atoms with Crippen molar-refractivity contribution in [2.45, 2.75) is 30.7 Å². The standard InChI is InChI=1S/C27H23N3O3S/c1-17-20(26(32)30-27(28-17)34-16-18-7-3-2-4-8-18)12-14-25(31)29-19-11-13-24-22(15-19)21-9-5-6-10-23(21)33-24/h2-11,13,15H,12,14,16H2,1H3,(H,29,31)(H,28,30,32). The molecule has 2 heterocycles. The molecule has 5 rings (SSSR count). The van der Waals surface area contributed by atoms with Crippen LogP contribution in [0, 0.1) is 6.92 Å². The topological polar surface area (TPSA) is 88.0 Å². The first kappa shape index (κ1) is 22.0. The number of nitrogens with one attached hydrogen (secondary N) is 2. The zero-order valence-electron chi connectivity index (χ0n) is 18.6. The van der Waals surface area contributed by atoms with Crippen LogP contribution in [0.15, 0.2) is 87.2 Å². The van der Waals surface area contributed by atoms with Gasteiger partial charge in [0.1, 0.15) is 11.2 Å². The van der Waals surface area contributed by atoms with Crippen LogP contribution in [0.3, 0.4) is 0 Å². The van der Waals surface area contributed by atoms with Gasteiger partial charge in [0.15, 0.2) is 5.16 Å². The van der Waals surface area contributed by atoms with Crippen molar-refractivity contribution >= 4 is 45.3 Å². The third kappa shape index (κ3) is 4.75. The van der Waals surface area contributed by atoms with Gasteiger partial charge in [0, 0.05) is 39.9 Å². The van der Waals surface area contributed by atoms with Crippen molar-refractivity contribution in [2.75, 3.05) is 5.32 Å². The Morgan fingerprint density at radius 3 is 2.59 bits per heavy atom. The van der Waals surface area contributed by atoms with Crippen LogP contribution in [-0.4, -0.2) is 15.9 Å². The van der Waals surface area contributed by atoms with Crippen molar-refractivity contribution in [3.8, 4) is 0 Å². The van der Waals surface area contributed by atoms with Gasteiger partial charge in [-0.3, -0.25) is 9.59 Å². The van der Waals surface area contributed by atoms with Gasteiger partial charge in [0.25, 0.3) is 5.56 Å². The number of nitrogens with zero attached hydrogens (tertiary/aromatic N) is 1. The van der Waals surface area contributed by atoms with Gasteiger partial charge in [-0.15, -0.1) is 0 Å². The van der Waals surface area contributed by atoms with Crippen LogP contribution in [0.4, 0.5) is 5.69 Å². The second-order valence-electron chi connectivity index (χ2n) is 8.07. The van der Waals surface area contributed by atoms with Crippen molar-refractivity contribution in [3.05, 3.63) is 100.0 Å². The maximum absolute atomic E-state index is 12.6. The minimum absolute atomic E-state index is 0.159. The highest BCUT2D eigenvalue weighted by molar-refractivity contribution is 7.98. The minimum Gasteiger partial charge on any atom is -0.456 e. The van der Waals surface area contributed by atoms with E-state index in [-0.39, 0.29) is 17.9 Å². The van der Waals surface area contributed by atoms with Gasteiger partial charge < -0.3 is 14.7 Å². The van der Waals surface area contributed by atoms with Crippen molar-refractivity contribution in [1.82, 2.24) is 9.97 Å². The second-order valence-corrected chi connectivity index (χ2v) is 9.03. The molecule has 0 atom stereocenters. The maximum Gasteiger partial charge on any atom is 0.254 e. The number of carbonyl (C=O) groups excluding carboxylic acids is 1. The minimum atomic E-state index is -0.192. The van der Waals surface area contributed by atoms with E-state index >= 15 is 0 Å². The number of furan rings is 1. The van der Waals surface area contributed by atoms with Gasteiger partial charge in [0.2, 0.25) is 5.91 Å². The first-order valence-electron chi connectivity index (χ1n) is 11.0. The molecule has 5 aromatic rings. The van der Waals surface area contributed by atoms with E-state index in [1.165, 1.54) is 11.8 Å². The number of thioether (sulfide) groups is 1. The van der Waals surface area contributed by atoms with Crippen LogP contribution in [0.2, 0.25) is 0 Å². The van der Waals surface area contributed by atoms with E-state index in [2.05, 4.69) is 15.3 Å². The Morgan fingerprint density at radius 1 is 1.00 bits per heavy atom. The van der Waals surface area contributed by atoms with Gasteiger partial charge in [-0.05, 0) is 43.2 Å². The third-order valence-corrected chi connectivity index (χ3v) is 6.63. The van der Waals surface area contributed by atoms with E-state index in [4.69, 9.17) is 4.42 Å². The number of aryl methyl sites for hydroxylation is 1. The molecular weight excluding hydrogens is 446 g/mol. The van der Waals surface area contributed by atoms with E-state index in [1.54, 1.807) is 0 Å². The number of fused-ring (bicyclic) bond motifs is 3. The molecule has 2 N–H and O–H groups in total. The normalized spacial score (nSPS) is 11.2. The molecule has 0 unspecified atom stereocenters. The Labute approximate surface area is 200 Å². The monoisotopic (exact) mass is 469 g/mol. The summed E-state index contributed by atoms with van der Waals surface area (Å²) in [6.45, 7) is 1.81. The Bertz CT molecular complexity index is 1540. The Kier molecular flexibility index (Phi) is 6.18. The summed E-state index contributed by atoms with van der Waals surface area (Å²) in [5.41, 5.74) is 4.44. The third-order valence-electron chi connectivity index (χ3n) is 5.68. The summed E-state index contributed by atoms with van der Waals surface area (Å²) in [4.78, 5) is 32.6. The molecule has 0 saturated heterocycles. The van der Waals surface area contributed by atoms with E-state index < -0.39 is 0 Å². The highest BCUT2D eigenvalue weighted by Gasteiger charge is 2.13. The SMILES string of the molecule is Cc1nc(SCc2ccccc2)[nH]c(=O)c1CCC(=O)Nc1ccc2oc3ccccc3c2c1. The number of carbonyl (C=O) groups is 1. The number of anilines is 1. The molecule has 0 aliphatic carbocycles. The van der Waals surface area contributed by atoms with Crippen LogP contribution >= 0.6 is 11.8 Å². The number of rotatable bonds is 7. The summed E-state index contributed by atoms with van der Waals surface area (Å²) in [5, 5.41) is 5.47. The van der Waals surface area contributed by atoms with Gasteiger partial charge in [-0.1, -0.05) is 60.3 Å². The molecule has 1 amide bonds. The summed E-state index contributed by atoms with van der Waals surface area (Å²) in [6.07, 6.45) is 0.507. The largest absolute Gasteiger partial charge is 0.456 e. The predicted molar refractivity (Wildman–Crippen MR) is 136 cm³/mol. The molecule has 0 spiro atoms. The number of hydrogen-bond donors (Lipinski definition) is 2. The average molecular weight is 470 g/mol. The lowest BCUT2D eigenvalue weighted by Crippen LogP contribution is -2.20. The second kappa shape index (κ2) is 9.57. The number of H-pyrrole nitrogens is 1. The fourth-order valence-corrected chi connectivity index (χ4v) is 4.80. The van der Waals surface area contributed by atoms with E-state index in [0.29, 0.717) is 28.5 Å². The number of hydrogen-bond acceptors (Lipinski definition) is 5. The lowest BCUT2D eigenvalue weighted by Gasteiger charge is -2.08. The number of benzene rings is 3. The van der Waals surface area contributed by atoms with Crippen molar-refractivity contribution in [1.29, 1.82) is 0 Å². The van der Waals surface area contributed by atoms with Crippen LogP contribution in [0.5, 0.6) is 0 Å². The summed E-state index contributed by atoms with van der Waals surface area (Å²) in [7, 11) is 0. The number of aromatic amines is 1. The molecule has 2 aromatic heterocycles. The van der Waals surface area contributed by atoms with Gasteiger partial charge in [-0.2, -0.15) is 0 Å². The van der Waals surface area contributed by atoms with Gasteiger partial charge in [0.05, 0.1) is 0 Å². The van der Waals surface area contributed by atoms with Gasteiger partial charge in [-0.25, -0.2) is 4.98 Å². The first-order valence-corrected chi connectivity index (χ1v) is 12.0. The van der Waals surface area contributed by atoms with Crippen LogP contribution < -0.4 is 10.9 Å². The molecule has 0 aliphatic rings. The Hall–Kier alpha value is -3.84. The lowest BCUT2D eigenvalue weighted by molar-refractivity contribution is -0.116. The zero-order chi connectivity index (χ0) is 23.5. The summed E-state index contributed by atoms with van der Waals surface area (Å²) in [5.74, 6) is 0.565. The molecule has 7 heteroatoms. The highest BCUT2D eigenvalue weighted by atomic mass is 32.2. The summed E-state index contributed by atoms with van der Waals surface area (Å²) < 4.78 is 5.84. The Morgan fingerprint density at radius 2 is 1.76 bits per heavy atom. The predicted octanol–water partition coefficient (Wildman–Crippen LogP) is 5.84. The smallest absolute Gasteiger partial charge is 0.254 e. The molecule has 3 aromatic carbocycles. The maximum atomic E-state index is 12.6. The molecule has 170 valence electrons. The Balaban J connectivity index is 1.23. The lowest BCUT2D eigenvalue weighted by atomic mass is 10.1. The van der Waals surface area contributed by atoms with Crippen molar-refractivity contribution < 1.29 is 9.21 Å². The molecule has 34 heavy (non-hydrogen) atoms. The number of amides is 1. The quantitative estimate of drug-likeness (QED) is 0.231. The zero-order valence-corrected chi connectivity index (χ0v) is 19.4. The highest BCUT2D eigenvalue weighted by Crippen LogP contribution is 2.30. The molecule has 0 bridgehead atoms. The fourth-order valence-electron chi connectivity index (χ4n) is 3.94. The van der Waals surface area contributed by atoms with E-state index in [1.807, 2.05) is 79.7 Å². The molecule has 6 nitrogen and oxygen atoms in total. The molecule has 0 saturated carbocycles. The van der Waals surface area contributed by atoms with Crippen molar-refractivity contribution in [3.63, 3.8) is 0 Å². The summed E-state index contributed by atoms with van der Waals surface area (Å²) >= 11 is 1.49. The van der Waals surface area contributed by atoms with Gasteiger partial charge >= 0.3 is 0 Å². The molecular formula is C27H23N3O3S.